The first-order valence-corrected chi connectivity index (χ1v) is 6.06. The average Bonchev–Trinajstić information content (AvgIpc) is 2.75. The van der Waals surface area contributed by atoms with Crippen LogP contribution in [0.5, 0.6) is 5.75 Å². The minimum Gasteiger partial charge on any atom is -0.497 e. The summed E-state index contributed by atoms with van der Waals surface area (Å²) < 4.78 is 5.16. The highest BCUT2D eigenvalue weighted by molar-refractivity contribution is 5.27. The number of methoxy groups -OCH3 is 1. The first kappa shape index (κ1) is 11.5. The third kappa shape index (κ3) is 2.76. The van der Waals surface area contributed by atoms with Crippen molar-refractivity contribution in [2.75, 3.05) is 20.2 Å². The van der Waals surface area contributed by atoms with Gasteiger partial charge < -0.3 is 10.1 Å². The lowest BCUT2D eigenvalue weighted by Gasteiger charge is -2.22. The van der Waals surface area contributed by atoms with Crippen molar-refractivity contribution in [2.24, 2.45) is 5.41 Å². The summed E-state index contributed by atoms with van der Waals surface area (Å²) in [7, 11) is 1.71. The van der Waals surface area contributed by atoms with E-state index in [0.717, 1.165) is 5.75 Å². The number of benzene rings is 1. The fourth-order valence-corrected chi connectivity index (χ4v) is 2.32. The van der Waals surface area contributed by atoms with Crippen molar-refractivity contribution in [3.63, 3.8) is 0 Å². The highest BCUT2D eigenvalue weighted by Gasteiger charge is 2.27. The molecule has 1 aliphatic heterocycles. The van der Waals surface area contributed by atoms with Crippen LogP contribution in [0, 0.1) is 5.41 Å². The van der Waals surface area contributed by atoms with E-state index >= 15 is 0 Å². The Morgan fingerprint density at radius 3 is 2.62 bits per heavy atom. The molecular weight excluding hydrogens is 198 g/mol. The van der Waals surface area contributed by atoms with Gasteiger partial charge in [0.15, 0.2) is 0 Å². The zero-order chi connectivity index (χ0) is 11.4. The molecule has 1 saturated heterocycles. The smallest absolute Gasteiger partial charge is 0.118 e. The molecule has 2 nitrogen and oxygen atoms in total. The van der Waals surface area contributed by atoms with Gasteiger partial charge in [0, 0.05) is 6.54 Å². The van der Waals surface area contributed by atoms with E-state index < -0.39 is 0 Å². The van der Waals surface area contributed by atoms with Crippen LogP contribution in [0.2, 0.25) is 0 Å². The summed E-state index contributed by atoms with van der Waals surface area (Å²) in [6.07, 6.45) is 3.75. The molecule has 1 atom stereocenters. The molecule has 1 heterocycles. The predicted octanol–water partition coefficient (Wildman–Crippen LogP) is 2.63. The number of aryl methyl sites for hydroxylation is 1. The molecule has 88 valence electrons. The maximum Gasteiger partial charge on any atom is 0.118 e. The minimum absolute atomic E-state index is 0.500. The lowest BCUT2D eigenvalue weighted by atomic mass is 9.83. The molecule has 0 aliphatic carbocycles. The van der Waals surface area contributed by atoms with Crippen LogP contribution < -0.4 is 10.1 Å². The first-order chi connectivity index (χ1) is 7.72. The van der Waals surface area contributed by atoms with Gasteiger partial charge in [0.25, 0.3) is 0 Å². The normalized spacial score (nSPS) is 24.6. The Morgan fingerprint density at radius 1 is 1.31 bits per heavy atom. The molecule has 1 fully saturated rings. The van der Waals surface area contributed by atoms with Gasteiger partial charge in [-0.25, -0.2) is 0 Å². The second kappa shape index (κ2) is 4.88. The molecule has 1 aromatic rings. The van der Waals surface area contributed by atoms with Crippen LogP contribution in [0.4, 0.5) is 0 Å². The van der Waals surface area contributed by atoms with Crippen molar-refractivity contribution in [2.45, 2.75) is 26.2 Å². The van der Waals surface area contributed by atoms with Crippen LogP contribution >= 0.6 is 0 Å². The van der Waals surface area contributed by atoms with Gasteiger partial charge in [-0.3, -0.25) is 0 Å². The minimum atomic E-state index is 0.500. The second-order valence-corrected chi connectivity index (χ2v) is 5.09. The summed E-state index contributed by atoms with van der Waals surface area (Å²) in [4.78, 5) is 0. The van der Waals surface area contributed by atoms with E-state index in [0.29, 0.717) is 5.41 Å². The van der Waals surface area contributed by atoms with Crippen molar-refractivity contribution < 1.29 is 4.74 Å². The van der Waals surface area contributed by atoms with Crippen molar-refractivity contribution in [3.05, 3.63) is 29.8 Å². The second-order valence-electron chi connectivity index (χ2n) is 5.09. The molecular formula is C14H21NO. The number of ether oxygens (including phenoxy) is 1. The third-order valence-electron chi connectivity index (χ3n) is 3.63. The zero-order valence-electron chi connectivity index (χ0n) is 10.3. The van der Waals surface area contributed by atoms with Gasteiger partial charge in [0.1, 0.15) is 5.75 Å². The van der Waals surface area contributed by atoms with E-state index in [1.807, 2.05) is 12.1 Å². The Balaban J connectivity index is 1.89. The summed E-state index contributed by atoms with van der Waals surface area (Å²) in [6.45, 7) is 4.73. The van der Waals surface area contributed by atoms with Gasteiger partial charge in [0.05, 0.1) is 7.11 Å². The molecule has 0 spiro atoms. The average molecular weight is 219 g/mol. The third-order valence-corrected chi connectivity index (χ3v) is 3.63. The Bertz CT molecular complexity index is 325. The lowest BCUT2D eigenvalue weighted by Crippen LogP contribution is -2.20. The molecule has 1 aromatic carbocycles. The lowest BCUT2D eigenvalue weighted by molar-refractivity contribution is 0.335. The van der Waals surface area contributed by atoms with Crippen molar-refractivity contribution in [3.8, 4) is 5.75 Å². The maximum absolute atomic E-state index is 5.16. The molecule has 1 N–H and O–H groups in total. The van der Waals surface area contributed by atoms with Crippen LogP contribution in [-0.2, 0) is 6.42 Å². The maximum atomic E-state index is 5.16. The van der Waals surface area contributed by atoms with Gasteiger partial charge in [-0.2, -0.15) is 0 Å². The molecule has 1 aliphatic rings. The van der Waals surface area contributed by atoms with E-state index in [1.165, 1.54) is 37.9 Å². The zero-order valence-corrected chi connectivity index (χ0v) is 10.3. The number of hydrogen-bond donors (Lipinski definition) is 1. The van der Waals surface area contributed by atoms with E-state index in [9.17, 15) is 0 Å². The van der Waals surface area contributed by atoms with Crippen LogP contribution in [0.3, 0.4) is 0 Å². The van der Waals surface area contributed by atoms with E-state index in [-0.39, 0.29) is 0 Å². The Labute approximate surface area is 98.0 Å². The topological polar surface area (TPSA) is 21.3 Å². The predicted molar refractivity (Wildman–Crippen MR) is 66.9 cm³/mol. The van der Waals surface area contributed by atoms with E-state index in [1.54, 1.807) is 7.11 Å². The Hall–Kier alpha value is -1.02. The van der Waals surface area contributed by atoms with Crippen LogP contribution in [0.15, 0.2) is 24.3 Å². The van der Waals surface area contributed by atoms with Gasteiger partial charge in [0.2, 0.25) is 0 Å². The molecule has 0 radical (unpaired) electrons. The fraction of sp³-hybridized carbons (Fsp3) is 0.571. The number of nitrogens with one attached hydrogen (secondary N) is 1. The summed E-state index contributed by atoms with van der Waals surface area (Å²) in [5.41, 5.74) is 1.91. The molecule has 0 saturated carbocycles. The first-order valence-electron chi connectivity index (χ1n) is 6.06. The van der Waals surface area contributed by atoms with Crippen LogP contribution in [0.1, 0.15) is 25.3 Å². The highest BCUT2D eigenvalue weighted by atomic mass is 16.5. The summed E-state index contributed by atoms with van der Waals surface area (Å²) in [5, 5.41) is 3.45. The quantitative estimate of drug-likeness (QED) is 0.840. The SMILES string of the molecule is COc1ccc(CCC2(C)CCNC2)cc1. The van der Waals surface area contributed by atoms with Crippen LogP contribution in [0.25, 0.3) is 0 Å². The molecule has 0 aromatic heterocycles. The highest BCUT2D eigenvalue weighted by Crippen LogP contribution is 2.30. The molecule has 2 rings (SSSR count). The Kier molecular flexibility index (Phi) is 3.49. The summed E-state index contributed by atoms with van der Waals surface area (Å²) in [6, 6.07) is 8.43. The summed E-state index contributed by atoms with van der Waals surface area (Å²) in [5.74, 6) is 0.942. The van der Waals surface area contributed by atoms with Gasteiger partial charge in [-0.1, -0.05) is 19.1 Å². The Morgan fingerprint density at radius 2 is 2.06 bits per heavy atom. The van der Waals surface area contributed by atoms with Crippen LogP contribution in [-0.4, -0.2) is 20.2 Å². The van der Waals surface area contributed by atoms with Gasteiger partial charge in [-0.05, 0) is 48.9 Å². The summed E-state index contributed by atoms with van der Waals surface area (Å²) >= 11 is 0. The van der Waals surface area contributed by atoms with Crippen molar-refractivity contribution in [1.29, 1.82) is 0 Å². The molecule has 1 unspecified atom stereocenters. The van der Waals surface area contributed by atoms with Gasteiger partial charge in [-0.15, -0.1) is 0 Å². The molecule has 16 heavy (non-hydrogen) atoms. The number of rotatable bonds is 4. The van der Waals surface area contributed by atoms with Crippen molar-refractivity contribution in [1.82, 2.24) is 5.32 Å². The van der Waals surface area contributed by atoms with Crippen molar-refractivity contribution >= 4 is 0 Å². The van der Waals surface area contributed by atoms with Gasteiger partial charge >= 0.3 is 0 Å². The standard InChI is InChI=1S/C14H21NO/c1-14(9-10-15-11-14)8-7-12-3-5-13(16-2)6-4-12/h3-6,15H,7-11H2,1-2H3. The molecule has 2 heteroatoms. The van der Waals surface area contributed by atoms with E-state index in [2.05, 4.69) is 24.4 Å². The molecule has 0 amide bonds. The molecule has 0 bridgehead atoms. The fourth-order valence-electron chi connectivity index (χ4n) is 2.32. The largest absolute Gasteiger partial charge is 0.497 e. The number of hydrogen-bond acceptors (Lipinski definition) is 2. The van der Waals surface area contributed by atoms with E-state index in [4.69, 9.17) is 4.74 Å². The monoisotopic (exact) mass is 219 g/mol.